The molecule has 1 aliphatic heterocycles. The first-order valence-electron chi connectivity index (χ1n) is 9.82. The quantitative estimate of drug-likeness (QED) is 0.529. The number of nitrogens with one attached hydrogen (secondary N) is 1. The van der Waals surface area contributed by atoms with Gasteiger partial charge in [0.15, 0.2) is 0 Å². The highest BCUT2D eigenvalue weighted by molar-refractivity contribution is 6.06. The number of nitrogens with zero attached hydrogens (tertiary/aromatic N) is 1. The van der Waals surface area contributed by atoms with E-state index in [9.17, 15) is 4.79 Å². The van der Waals surface area contributed by atoms with E-state index in [-0.39, 0.29) is 11.8 Å². The molecule has 0 radical (unpaired) electrons. The molecule has 5 rings (SSSR count). The first-order chi connectivity index (χ1) is 14.2. The van der Waals surface area contributed by atoms with Crippen LogP contribution in [0.4, 0.5) is 5.69 Å². The maximum atomic E-state index is 12.6. The van der Waals surface area contributed by atoms with E-state index in [1.165, 1.54) is 11.1 Å². The predicted octanol–water partition coefficient (Wildman–Crippen LogP) is 5.17. The van der Waals surface area contributed by atoms with Crippen molar-refractivity contribution in [2.75, 3.05) is 12.4 Å². The number of carbonyl (C=O) groups is 1. The minimum Gasteiger partial charge on any atom is -0.497 e. The van der Waals surface area contributed by atoms with Crippen LogP contribution in [0.15, 0.2) is 79.0 Å². The summed E-state index contributed by atoms with van der Waals surface area (Å²) in [4.78, 5) is 12.6. The zero-order valence-electron chi connectivity index (χ0n) is 16.3. The first kappa shape index (κ1) is 17.6. The standard InChI is InChI=1S/C25H22N2O2/c1-29-19-12-10-18(11-13-19)20-14-24(28)26-22-8-5-9-23-25(22)21(20)16-27(23)15-17-6-3-2-4-7-17/h2-13,16,20H,14-15H2,1H3,(H,26,28). The van der Waals surface area contributed by atoms with Crippen LogP contribution in [0.3, 0.4) is 0 Å². The molecule has 0 spiro atoms. The number of rotatable bonds is 4. The average molecular weight is 382 g/mol. The molecule has 1 atom stereocenters. The lowest BCUT2D eigenvalue weighted by Crippen LogP contribution is -2.14. The van der Waals surface area contributed by atoms with Gasteiger partial charge in [0.2, 0.25) is 5.91 Å². The van der Waals surface area contributed by atoms with Crippen molar-refractivity contribution in [3.05, 3.63) is 95.7 Å². The molecule has 144 valence electrons. The Labute approximate surface area is 169 Å². The molecular formula is C25H22N2O2. The SMILES string of the molecule is COc1ccc(C2CC(=O)Nc3cccc4c3c2cn4Cc2ccccc2)cc1. The number of methoxy groups -OCH3 is 1. The van der Waals surface area contributed by atoms with E-state index < -0.39 is 0 Å². The lowest BCUT2D eigenvalue weighted by atomic mass is 9.88. The fourth-order valence-electron chi connectivity index (χ4n) is 4.29. The molecule has 4 nitrogen and oxygen atoms in total. The van der Waals surface area contributed by atoms with Crippen LogP contribution in [0, 0.1) is 0 Å². The fraction of sp³-hybridized carbons (Fsp3) is 0.160. The van der Waals surface area contributed by atoms with Crippen molar-refractivity contribution in [2.24, 2.45) is 0 Å². The molecule has 0 bridgehead atoms. The Morgan fingerprint density at radius 1 is 1.00 bits per heavy atom. The summed E-state index contributed by atoms with van der Waals surface area (Å²) in [5.74, 6) is 0.868. The van der Waals surface area contributed by atoms with Crippen LogP contribution in [0.5, 0.6) is 5.75 Å². The molecule has 1 aromatic heterocycles. The van der Waals surface area contributed by atoms with Crippen molar-refractivity contribution in [1.29, 1.82) is 0 Å². The normalized spacial score (nSPS) is 15.8. The van der Waals surface area contributed by atoms with Crippen LogP contribution < -0.4 is 10.1 Å². The summed E-state index contributed by atoms with van der Waals surface area (Å²) in [5, 5.41) is 4.24. The molecular weight excluding hydrogens is 360 g/mol. The van der Waals surface area contributed by atoms with Gasteiger partial charge in [-0.1, -0.05) is 48.5 Å². The number of hydrogen-bond donors (Lipinski definition) is 1. The van der Waals surface area contributed by atoms with Gasteiger partial charge < -0.3 is 14.6 Å². The third-order valence-electron chi connectivity index (χ3n) is 5.69. The van der Waals surface area contributed by atoms with Gasteiger partial charge in [-0.05, 0) is 41.0 Å². The van der Waals surface area contributed by atoms with Crippen LogP contribution in [0.25, 0.3) is 10.9 Å². The highest BCUT2D eigenvalue weighted by Gasteiger charge is 2.27. The average Bonchev–Trinajstić information content (AvgIpc) is 3.04. The second-order valence-corrected chi connectivity index (χ2v) is 7.48. The minimum atomic E-state index is 0.00378. The monoisotopic (exact) mass is 382 g/mol. The Hall–Kier alpha value is -3.53. The summed E-state index contributed by atoms with van der Waals surface area (Å²) in [6.07, 6.45) is 2.64. The summed E-state index contributed by atoms with van der Waals surface area (Å²) in [6, 6.07) is 24.6. The molecule has 1 N–H and O–H groups in total. The van der Waals surface area contributed by atoms with E-state index in [1.54, 1.807) is 7.11 Å². The molecule has 29 heavy (non-hydrogen) atoms. The van der Waals surface area contributed by atoms with Crippen molar-refractivity contribution < 1.29 is 9.53 Å². The Kier molecular flexibility index (Phi) is 4.32. The van der Waals surface area contributed by atoms with Gasteiger partial charge >= 0.3 is 0 Å². The van der Waals surface area contributed by atoms with Gasteiger partial charge in [0.25, 0.3) is 0 Å². The molecule has 0 aliphatic carbocycles. The molecule has 0 saturated carbocycles. The van der Waals surface area contributed by atoms with Gasteiger partial charge in [-0.3, -0.25) is 4.79 Å². The summed E-state index contributed by atoms with van der Waals surface area (Å²) in [6.45, 7) is 0.796. The second kappa shape index (κ2) is 7.13. The second-order valence-electron chi connectivity index (χ2n) is 7.48. The molecule has 2 heterocycles. The van der Waals surface area contributed by atoms with E-state index in [0.717, 1.165) is 34.4 Å². The maximum Gasteiger partial charge on any atom is 0.225 e. The third-order valence-corrected chi connectivity index (χ3v) is 5.69. The fourth-order valence-corrected chi connectivity index (χ4v) is 4.29. The van der Waals surface area contributed by atoms with Crippen molar-refractivity contribution in [3.63, 3.8) is 0 Å². The van der Waals surface area contributed by atoms with Crippen LogP contribution in [-0.2, 0) is 11.3 Å². The largest absolute Gasteiger partial charge is 0.497 e. The lowest BCUT2D eigenvalue weighted by molar-refractivity contribution is -0.116. The number of amides is 1. The lowest BCUT2D eigenvalue weighted by Gasteiger charge is -2.15. The number of aromatic nitrogens is 1. The smallest absolute Gasteiger partial charge is 0.225 e. The molecule has 4 aromatic rings. The number of ether oxygens (including phenoxy) is 1. The highest BCUT2D eigenvalue weighted by Crippen LogP contribution is 2.41. The zero-order valence-corrected chi connectivity index (χ0v) is 16.3. The molecule has 3 aromatic carbocycles. The molecule has 1 amide bonds. The molecule has 0 saturated heterocycles. The minimum absolute atomic E-state index is 0.00378. The third kappa shape index (κ3) is 3.17. The number of anilines is 1. The summed E-state index contributed by atoms with van der Waals surface area (Å²) in [7, 11) is 1.66. The van der Waals surface area contributed by atoms with E-state index >= 15 is 0 Å². The van der Waals surface area contributed by atoms with Gasteiger partial charge in [-0.15, -0.1) is 0 Å². The van der Waals surface area contributed by atoms with Gasteiger partial charge in [-0.25, -0.2) is 0 Å². The number of benzene rings is 3. The van der Waals surface area contributed by atoms with Crippen LogP contribution in [-0.4, -0.2) is 17.6 Å². The summed E-state index contributed by atoms with van der Waals surface area (Å²) in [5.41, 5.74) is 5.60. The molecule has 0 fully saturated rings. The highest BCUT2D eigenvalue weighted by atomic mass is 16.5. The van der Waals surface area contributed by atoms with Crippen molar-refractivity contribution >= 4 is 22.5 Å². The number of carbonyl (C=O) groups excluding carboxylic acids is 1. The molecule has 4 heteroatoms. The van der Waals surface area contributed by atoms with E-state index in [0.29, 0.717) is 6.42 Å². The van der Waals surface area contributed by atoms with Gasteiger partial charge in [-0.2, -0.15) is 0 Å². The zero-order chi connectivity index (χ0) is 19.8. The van der Waals surface area contributed by atoms with Gasteiger partial charge in [0.1, 0.15) is 5.75 Å². The topological polar surface area (TPSA) is 43.3 Å². The van der Waals surface area contributed by atoms with E-state index in [2.05, 4.69) is 58.5 Å². The van der Waals surface area contributed by atoms with Crippen molar-refractivity contribution in [1.82, 2.24) is 4.57 Å². The Morgan fingerprint density at radius 3 is 2.55 bits per heavy atom. The summed E-state index contributed by atoms with van der Waals surface area (Å²) < 4.78 is 7.59. The Bertz CT molecular complexity index is 1180. The first-order valence-corrected chi connectivity index (χ1v) is 9.82. The predicted molar refractivity (Wildman–Crippen MR) is 116 cm³/mol. The van der Waals surface area contributed by atoms with Crippen molar-refractivity contribution in [2.45, 2.75) is 18.9 Å². The van der Waals surface area contributed by atoms with Crippen LogP contribution >= 0.6 is 0 Å². The summed E-state index contributed by atoms with van der Waals surface area (Å²) >= 11 is 0. The van der Waals surface area contributed by atoms with Gasteiger partial charge in [0, 0.05) is 30.5 Å². The van der Waals surface area contributed by atoms with E-state index in [4.69, 9.17) is 4.74 Å². The maximum absolute atomic E-state index is 12.6. The molecule has 1 aliphatic rings. The number of hydrogen-bond acceptors (Lipinski definition) is 2. The van der Waals surface area contributed by atoms with E-state index in [1.807, 2.05) is 30.3 Å². The Balaban J connectivity index is 1.66. The van der Waals surface area contributed by atoms with Crippen LogP contribution in [0.1, 0.15) is 29.0 Å². The van der Waals surface area contributed by atoms with Crippen molar-refractivity contribution in [3.8, 4) is 5.75 Å². The van der Waals surface area contributed by atoms with Crippen LogP contribution in [0.2, 0.25) is 0 Å². The molecule has 1 unspecified atom stereocenters. The Morgan fingerprint density at radius 2 is 1.79 bits per heavy atom. The van der Waals surface area contributed by atoms with Gasteiger partial charge in [0.05, 0.1) is 18.3 Å².